The molecule has 0 radical (unpaired) electrons. The maximum Gasteiger partial charge on any atom is 0.377 e. The lowest BCUT2D eigenvalue weighted by atomic mass is 9.88. The van der Waals surface area contributed by atoms with Crippen LogP contribution in [0.5, 0.6) is 0 Å². The highest BCUT2D eigenvalue weighted by atomic mass is 19.3. The van der Waals surface area contributed by atoms with Crippen LogP contribution in [-0.2, 0) is 48.4 Å². The molecule has 4 rings (SSSR count). The molecule has 3 aromatic rings. The Kier molecular flexibility index (Phi) is 10.5. The molecular formula is C31H33F2NO7. The molecule has 0 aliphatic carbocycles. The predicted molar refractivity (Wildman–Crippen MR) is 145 cm³/mol. The Bertz CT molecular complexity index is 1250. The molecule has 5 atom stereocenters. The summed E-state index contributed by atoms with van der Waals surface area (Å²) in [5, 5.41) is 11.9. The molecule has 0 unspecified atom stereocenters. The fourth-order valence-corrected chi connectivity index (χ4v) is 4.70. The van der Waals surface area contributed by atoms with Crippen LogP contribution in [0, 0.1) is 0 Å². The van der Waals surface area contributed by atoms with E-state index in [4.69, 9.17) is 18.9 Å². The van der Waals surface area contributed by atoms with Crippen molar-refractivity contribution in [2.75, 3.05) is 6.61 Å². The first kappa shape index (κ1) is 30.3. The number of amides is 1. The van der Waals surface area contributed by atoms with Gasteiger partial charge in [0.1, 0.15) is 18.3 Å². The standard InChI is InChI=1S/C31H33F2NO7/c1-21(35)34-26-28(40-19-24-15-9-4-10-16-24)27(39-18-23-13-7-3-8-14-23)25(41-29(26)31(32,33)30(36)37)20-38-17-22-11-5-2-6-12-22/h2-16,25-29H,17-20H2,1H3,(H,34,35)(H,36,37)/t25-,26-,27+,28-,29+/m1/s1. The summed E-state index contributed by atoms with van der Waals surface area (Å²) in [6, 6.07) is 26.0. The molecule has 0 aromatic heterocycles. The Morgan fingerprint density at radius 2 is 1.27 bits per heavy atom. The maximum absolute atomic E-state index is 15.2. The van der Waals surface area contributed by atoms with Crippen molar-refractivity contribution < 1.29 is 42.4 Å². The van der Waals surface area contributed by atoms with E-state index >= 15 is 8.78 Å². The van der Waals surface area contributed by atoms with Crippen molar-refractivity contribution in [3.05, 3.63) is 108 Å². The van der Waals surface area contributed by atoms with Crippen molar-refractivity contribution in [3.8, 4) is 0 Å². The molecule has 1 fully saturated rings. The van der Waals surface area contributed by atoms with E-state index in [1.807, 2.05) is 66.7 Å². The van der Waals surface area contributed by atoms with Crippen molar-refractivity contribution >= 4 is 11.9 Å². The van der Waals surface area contributed by atoms with Gasteiger partial charge in [-0.2, -0.15) is 8.78 Å². The first-order chi connectivity index (χ1) is 19.8. The predicted octanol–water partition coefficient (Wildman–Crippen LogP) is 4.37. The number of hydrogen-bond donors (Lipinski definition) is 2. The van der Waals surface area contributed by atoms with Gasteiger partial charge in [0, 0.05) is 6.92 Å². The summed E-state index contributed by atoms with van der Waals surface area (Å²) in [6.07, 6.45) is -5.63. The smallest absolute Gasteiger partial charge is 0.377 e. The van der Waals surface area contributed by atoms with E-state index in [2.05, 4.69) is 5.32 Å². The Balaban J connectivity index is 1.67. The number of carboxylic acids is 1. The molecular weight excluding hydrogens is 536 g/mol. The Labute approximate surface area is 237 Å². The summed E-state index contributed by atoms with van der Waals surface area (Å²) < 4.78 is 54.4. The van der Waals surface area contributed by atoms with Gasteiger partial charge in [0.05, 0.1) is 32.5 Å². The van der Waals surface area contributed by atoms with Gasteiger partial charge >= 0.3 is 11.9 Å². The molecule has 41 heavy (non-hydrogen) atoms. The lowest BCUT2D eigenvalue weighted by Gasteiger charge is -2.47. The lowest BCUT2D eigenvalue weighted by molar-refractivity contribution is -0.272. The number of nitrogens with one attached hydrogen (secondary N) is 1. The molecule has 0 spiro atoms. The van der Waals surface area contributed by atoms with Crippen molar-refractivity contribution in [1.82, 2.24) is 5.32 Å². The van der Waals surface area contributed by atoms with Gasteiger partial charge in [-0.15, -0.1) is 0 Å². The molecule has 1 aliphatic rings. The van der Waals surface area contributed by atoms with E-state index < -0.39 is 48.3 Å². The van der Waals surface area contributed by atoms with Crippen molar-refractivity contribution in [1.29, 1.82) is 0 Å². The number of rotatable bonds is 13. The first-order valence-corrected chi connectivity index (χ1v) is 13.2. The normalized spacial score (nSPS) is 22.7. The van der Waals surface area contributed by atoms with E-state index in [-0.39, 0.29) is 26.4 Å². The van der Waals surface area contributed by atoms with Crippen LogP contribution in [-0.4, -0.2) is 60.0 Å². The van der Waals surface area contributed by atoms with Gasteiger partial charge in [-0.1, -0.05) is 91.0 Å². The fraction of sp³-hybridized carbons (Fsp3) is 0.355. The number of alkyl halides is 2. The highest BCUT2D eigenvalue weighted by molar-refractivity contribution is 5.77. The quantitative estimate of drug-likeness (QED) is 0.315. The molecule has 0 saturated carbocycles. The first-order valence-electron chi connectivity index (χ1n) is 13.2. The molecule has 8 nitrogen and oxygen atoms in total. The zero-order chi connectivity index (χ0) is 29.2. The van der Waals surface area contributed by atoms with Crippen molar-refractivity contribution in [2.24, 2.45) is 0 Å². The Morgan fingerprint density at radius 1 is 0.805 bits per heavy atom. The number of ether oxygens (including phenoxy) is 4. The third-order valence-corrected chi connectivity index (χ3v) is 6.67. The second-order valence-corrected chi connectivity index (χ2v) is 9.77. The molecule has 218 valence electrons. The summed E-state index contributed by atoms with van der Waals surface area (Å²) in [4.78, 5) is 23.9. The number of carbonyl (C=O) groups is 2. The fourth-order valence-electron chi connectivity index (χ4n) is 4.70. The average Bonchev–Trinajstić information content (AvgIpc) is 2.97. The minimum Gasteiger partial charge on any atom is -0.477 e. The monoisotopic (exact) mass is 569 g/mol. The van der Waals surface area contributed by atoms with Gasteiger partial charge in [0.2, 0.25) is 5.91 Å². The largest absolute Gasteiger partial charge is 0.477 e. The van der Waals surface area contributed by atoms with E-state index in [1.54, 1.807) is 24.3 Å². The van der Waals surface area contributed by atoms with E-state index in [9.17, 15) is 14.7 Å². The zero-order valence-electron chi connectivity index (χ0n) is 22.5. The van der Waals surface area contributed by atoms with Crippen LogP contribution in [0.1, 0.15) is 23.6 Å². The van der Waals surface area contributed by atoms with Crippen molar-refractivity contribution in [3.63, 3.8) is 0 Å². The minimum atomic E-state index is -4.36. The highest BCUT2D eigenvalue weighted by Gasteiger charge is 2.60. The summed E-state index contributed by atoms with van der Waals surface area (Å²) in [7, 11) is 0. The van der Waals surface area contributed by atoms with Gasteiger partial charge in [-0.25, -0.2) is 4.79 Å². The van der Waals surface area contributed by atoms with Gasteiger partial charge in [0.15, 0.2) is 6.10 Å². The van der Waals surface area contributed by atoms with Crippen LogP contribution < -0.4 is 5.32 Å². The third-order valence-electron chi connectivity index (χ3n) is 6.67. The molecule has 1 aliphatic heterocycles. The summed E-state index contributed by atoms with van der Waals surface area (Å²) in [5.41, 5.74) is 2.42. The van der Waals surface area contributed by atoms with Crippen LogP contribution in [0.4, 0.5) is 8.78 Å². The van der Waals surface area contributed by atoms with E-state index in [0.29, 0.717) is 0 Å². The number of benzene rings is 3. The van der Waals surface area contributed by atoms with Crippen LogP contribution in [0.3, 0.4) is 0 Å². The van der Waals surface area contributed by atoms with E-state index in [0.717, 1.165) is 23.6 Å². The van der Waals surface area contributed by atoms with Gasteiger partial charge in [0.25, 0.3) is 0 Å². The SMILES string of the molecule is CC(=O)N[C@@H]1[C@@H](OCc2ccccc2)[C@@H](OCc2ccccc2)[C@@H](COCc2ccccc2)O[C@@H]1C(F)(F)C(=O)O. The van der Waals surface area contributed by atoms with Crippen LogP contribution in [0.15, 0.2) is 91.0 Å². The number of halogens is 2. The number of hydrogen-bond acceptors (Lipinski definition) is 6. The number of carboxylic acid groups (broad SMARTS) is 1. The Morgan fingerprint density at radius 3 is 1.73 bits per heavy atom. The second-order valence-electron chi connectivity index (χ2n) is 9.77. The van der Waals surface area contributed by atoms with Gasteiger partial charge in [-0.3, -0.25) is 4.79 Å². The van der Waals surface area contributed by atoms with Crippen LogP contribution >= 0.6 is 0 Å². The highest BCUT2D eigenvalue weighted by Crippen LogP contribution is 2.36. The van der Waals surface area contributed by atoms with Crippen LogP contribution in [0.2, 0.25) is 0 Å². The molecule has 3 aromatic carbocycles. The van der Waals surface area contributed by atoms with Gasteiger partial charge < -0.3 is 29.4 Å². The van der Waals surface area contributed by atoms with Crippen LogP contribution in [0.25, 0.3) is 0 Å². The molecule has 10 heteroatoms. The van der Waals surface area contributed by atoms with Gasteiger partial charge in [-0.05, 0) is 16.7 Å². The third kappa shape index (κ3) is 8.17. The summed E-state index contributed by atoms with van der Waals surface area (Å²) in [5.74, 6) is -7.39. The Hall–Kier alpha value is -3.70. The molecule has 1 saturated heterocycles. The topological polar surface area (TPSA) is 103 Å². The number of carbonyl (C=O) groups excluding carboxylic acids is 1. The maximum atomic E-state index is 15.2. The lowest BCUT2D eigenvalue weighted by Crippen LogP contribution is -2.70. The van der Waals surface area contributed by atoms with Crippen molar-refractivity contribution in [2.45, 2.75) is 63.1 Å². The minimum absolute atomic E-state index is 0.00422. The zero-order valence-corrected chi connectivity index (χ0v) is 22.5. The molecule has 1 amide bonds. The molecule has 2 N–H and O–H groups in total. The summed E-state index contributed by atoms with van der Waals surface area (Å²) in [6.45, 7) is 1.20. The number of aliphatic carboxylic acids is 1. The molecule has 1 heterocycles. The molecule has 0 bridgehead atoms. The summed E-state index contributed by atoms with van der Waals surface area (Å²) >= 11 is 0. The second kappa shape index (κ2) is 14.3. The average molecular weight is 570 g/mol. The van der Waals surface area contributed by atoms with E-state index in [1.165, 1.54) is 0 Å².